The minimum Gasteiger partial charge on any atom is -0.390 e. The Morgan fingerprint density at radius 2 is 1.14 bits per heavy atom. The van der Waals surface area contributed by atoms with E-state index in [0.29, 0.717) is 11.6 Å². The van der Waals surface area contributed by atoms with Gasteiger partial charge < -0.3 is 10.0 Å². The number of nitrogens with zero attached hydrogens (tertiary/aromatic N) is 3. The molecule has 1 aromatic rings. The van der Waals surface area contributed by atoms with E-state index in [-0.39, 0.29) is 6.61 Å². The van der Waals surface area contributed by atoms with Gasteiger partial charge in [-0.3, -0.25) is 0 Å². The second-order valence-electron chi connectivity index (χ2n) is 8.13. The molecule has 0 aromatic carbocycles. The summed E-state index contributed by atoms with van der Waals surface area (Å²) in [5, 5.41) is 9.50. The first-order valence-corrected chi connectivity index (χ1v) is 12.2. The highest BCUT2D eigenvalue weighted by Crippen LogP contribution is 2.23. The summed E-state index contributed by atoms with van der Waals surface area (Å²) in [6, 6.07) is 0. The third-order valence-electron chi connectivity index (χ3n) is 5.29. The Hall–Kier alpha value is -0.680. The number of aliphatic hydroxyl groups excluding tert-OH is 1. The maximum absolute atomic E-state index is 9.50. The zero-order valence-electron chi connectivity index (χ0n) is 18.5. The molecule has 0 radical (unpaired) electrons. The smallest absolute Gasteiger partial charge is 0.225 e. The molecule has 0 atom stereocenters. The molecule has 0 bridgehead atoms. The number of aliphatic hydroxyl groups is 1. The minimum absolute atomic E-state index is 0.0598. The van der Waals surface area contributed by atoms with Crippen LogP contribution in [0.2, 0.25) is 0 Å². The molecule has 0 aliphatic rings. The summed E-state index contributed by atoms with van der Waals surface area (Å²) in [6.07, 6.45) is 20.1. The maximum atomic E-state index is 9.50. The Morgan fingerprint density at radius 3 is 1.57 bits per heavy atom. The van der Waals surface area contributed by atoms with Crippen molar-refractivity contribution in [3.8, 4) is 0 Å². The van der Waals surface area contributed by atoms with E-state index < -0.39 is 0 Å². The van der Waals surface area contributed by atoms with Crippen molar-refractivity contribution in [3.05, 3.63) is 15.9 Å². The van der Waals surface area contributed by atoms with Gasteiger partial charge in [-0.05, 0) is 28.8 Å². The molecule has 0 saturated carbocycles. The molecule has 0 amide bonds. The number of aryl methyl sites for hydroxylation is 1. The third-order valence-corrected chi connectivity index (χ3v) is 6.21. The fourth-order valence-corrected chi connectivity index (χ4v) is 3.99. The van der Waals surface area contributed by atoms with E-state index in [1.807, 2.05) is 19.0 Å². The van der Waals surface area contributed by atoms with Crippen molar-refractivity contribution >= 4 is 21.9 Å². The Labute approximate surface area is 181 Å². The van der Waals surface area contributed by atoms with E-state index in [1.54, 1.807) is 0 Å². The summed E-state index contributed by atoms with van der Waals surface area (Å²) >= 11 is 3.56. The number of hydrogen-bond acceptors (Lipinski definition) is 4. The van der Waals surface area contributed by atoms with Crippen molar-refractivity contribution in [2.75, 3.05) is 19.0 Å². The SMILES string of the molecule is CCCCCCCCCCCCCCCCc1nc(N(C)C)nc(CO)c1Br. The van der Waals surface area contributed by atoms with E-state index in [0.717, 1.165) is 23.0 Å². The predicted molar refractivity (Wildman–Crippen MR) is 124 cm³/mol. The molecule has 5 heteroatoms. The fourth-order valence-electron chi connectivity index (χ4n) is 3.49. The van der Waals surface area contributed by atoms with Crippen LogP contribution in [0.4, 0.5) is 5.95 Å². The molecule has 1 rings (SSSR count). The lowest BCUT2D eigenvalue weighted by atomic mass is 10.0. The van der Waals surface area contributed by atoms with Crippen LogP contribution >= 0.6 is 15.9 Å². The van der Waals surface area contributed by atoms with Gasteiger partial charge in [-0.25, -0.2) is 9.97 Å². The average molecular weight is 457 g/mol. The van der Waals surface area contributed by atoms with Crippen LogP contribution in [0.1, 0.15) is 108 Å². The van der Waals surface area contributed by atoms with Gasteiger partial charge in [0, 0.05) is 14.1 Å². The second kappa shape index (κ2) is 16.2. The lowest BCUT2D eigenvalue weighted by Crippen LogP contribution is -2.15. The van der Waals surface area contributed by atoms with Crippen molar-refractivity contribution in [1.29, 1.82) is 0 Å². The number of rotatable bonds is 17. The Morgan fingerprint density at radius 1 is 0.714 bits per heavy atom. The van der Waals surface area contributed by atoms with Crippen molar-refractivity contribution in [1.82, 2.24) is 9.97 Å². The van der Waals surface area contributed by atoms with Gasteiger partial charge in [0.1, 0.15) is 0 Å². The molecule has 28 heavy (non-hydrogen) atoms. The van der Waals surface area contributed by atoms with Crippen molar-refractivity contribution < 1.29 is 5.11 Å². The van der Waals surface area contributed by atoms with Gasteiger partial charge in [0.15, 0.2) is 0 Å². The Bertz CT molecular complexity index is 523. The van der Waals surface area contributed by atoms with E-state index >= 15 is 0 Å². The minimum atomic E-state index is -0.0598. The quantitative estimate of drug-likeness (QED) is 0.261. The maximum Gasteiger partial charge on any atom is 0.225 e. The molecule has 4 nitrogen and oxygen atoms in total. The molecular formula is C23H42BrN3O. The summed E-state index contributed by atoms with van der Waals surface area (Å²) in [6.45, 7) is 2.22. The molecule has 162 valence electrons. The van der Waals surface area contributed by atoms with Crippen LogP contribution in [0.5, 0.6) is 0 Å². The molecule has 1 N–H and O–H groups in total. The first-order valence-electron chi connectivity index (χ1n) is 11.4. The van der Waals surface area contributed by atoms with E-state index in [9.17, 15) is 5.11 Å². The van der Waals surface area contributed by atoms with Crippen LogP contribution < -0.4 is 4.90 Å². The predicted octanol–water partition coefficient (Wildman–Crippen LogP) is 6.82. The van der Waals surface area contributed by atoms with Crippen LogP contribution in [0.3, 0.4) is 0 Å². The first kappa shape index (κ1) is 25.4. The average Bonchev–Trinajstić information content (AvgIpc) is 2.69. The lowest BCUT2D eigenvalue weighted by molar-refractivity contribution is 0.275. The number of aromatic nitrogens is 2. The van der Waals surface area contributed by atoms with Gasteiger partial charge in [0.2, 0.25) is 5.95 Å². The number of unbranched alkanes of at least 4 members (excludes halogenated alkanes) is 13. The van der Waals surface area contributed by atoms with Gasteiger partial charge >= 0.3 is 0 Å². The molecule has 0 unspecified atom stereocenters. The highest BCUT2D eigenvalue weighted by molar-refractivity contribution is 9.10. The summed E-state index contributed by atoms with van der Waals surface area (Å²) in [5.74, 6) is 0.674. The first-order chi connectivity index (χ1) is 13.6. The van der Waals surface area contributed by atoms with E-state index in [4.69, 9.17) is 0 Å². The van der Waals surface area contributed by atoms with Crippen LogP contribution in [0.25, 0.3) is 0 Å². The molecule has 0 saturated heterocycles. The number of anilines is 1. The van der Waals surface area contributed by atoms with Crippen molar-refractivity contribution in [3.63, 3.8) is 0 Å². The zero-order chi connectivity index (χ0) is 20.6. The normalized spacial score (nSPS) is 11.2. The Balaban J connectivity index is 2.08. The molecule has 0 aliphatic heterocycles. The molecule has 1 heterocycles. The van der Waals surface area contributed by atoms with Gasteiger partial charge in [-0.2, -0.15) is 0 Å². The molecular weight excluding hydrogens is 414 g/mol. The fraction of sp³-hybridized carbons (Fsp3) is 0.826. The van der Waals surface area contributed by atoms with Crippen molar-refractivity contribution in [2.24, 2.45) is 0 Å². The van der Waals surface area contributed by atoms with Crippen LogP contribution in [0.15, 0.2) is 4.47 Å². The zero-order valence-corrected chi connectivity index (χ0v) is 20.1. The number of hydrogen-bond donors (Lipinski definition) is 1. The summed E-state index contributed by atoms with van der Waals surface area (Å²) < 4.78 is 0.871. The monoisotopic (exact) mass is 455 g/mol. The summed E-state index contributed by atoms with van der Waals surface area (Å²) in [7, 11) is 3.86. The molecule has 0 spiro atoms. The Kier molecular flexibility index (Phi) is 14.6. The highest BCUT2D eigenvalue weighted by Gasteiger charge is 2.12. The van der Waals surface area contributed by atoms with E-state index in [1.165, 1.54) is 83.5 Å². The third kappa shape index (κ3) is 10.8. The van der Waals surface area contributed by atoms with Gasteiger partial charge in [-0.15, -0.1) is 0 Å². The largest absolute Gasteiger partial charge is 0.390 e. The van der Waals surface area contributed by atoms with Crippen LogP contribution in [-0.2, 0) is 13.0 Å². The molecule has 1 aromatic heterocycles. The lowest BCUT2D eigenvalue weighted by Gasteiger charge is -2.15. The molecule has 0 aliphatic carbocycles. The van der Waals surface area contributed by atoms with Crippen molar-refractivity contribution in [2.45, 2.75) is 110 Å². The van der Waals surface area contributed by atoms with Gasteiger partial charge in [0.25, 0.3) is 0 Å². The summed E-state index contributed by atoms with van der Waals surface area (Å²) in [5.41, 5.74) is 1.70. The molecule has 0 fully saturated rings. The van der Waals surface area contributed by atoms with E-state index in [2.05, 4.69) is 32.8 Å². The summed E-state index contributed by atoms with van der Waals surface area (Å²) in [4.78, 5) is 10.9. The van der Waals surface area contributed by atoms with Gasteiger partial charge in [-0.1, -0.05) is 90.4 Å². The second-order valence-corrected chi connectivity index (χ2v) is 8.92. The number of halogens is 1. The highest BCUT2D eigenvalue weighted by atomic mass is 79.9. The van der Waals surface area contributed by atoms with Gasteiger partial charge in [0.05, 0.1) is 22.5 Å². The standard InChI is InChI=1S/C23H42BrN3O/c1-4-5-6-7-8-9-10-11-12-13-14-15-16-17-18-20-22(24)21(19-28)26-23(25-20)27(2)3/h28H,4-19H2,1-3H3. The van der Waals surface area contributed by atoms with Crippen LogP contribution in [-0.4, -0.2) is 29.2 Å². The topological polar surface area (TPSA) is 49.2 Å². The van der Waals surface area contributed by atoms with Crippen LogP contribution in [0, 0.1) is 0 Å².